The van der Waals surface area contributed by atoms with E-state index >= 15 is 0 Å². The molecular formula is C7H11N3O. The van der Waals surface area contributed by atoms with Crippen molar-refractivity contribution in [3.8, 4) is 0 Å². The highest BCUT2D eigenvalue weighted by atomic mass is 16.4. The Kier molecular flexibility index (Phi) is 1.35. The summed E-state index contributed by atoms with van der Waals surface area (Å²) in [6.45, 7) is 0. The van der Waals surface area contributed by atoms with Crippen molar-refractivity contribution >= 4 is 6.01 Å². The summed E-state index contributed by atoms with van der Waals surface area (Å²) >= 11 is 0. The number of hydrogen-bond donors (Lipinski definition) is 2. The molecule has 11 heavy (non-hydrogen) atoms. The topological polar surface area (TPSA) is 78.1 Å². The van der Waals surface area contributed by atoms with Crippen molar-refractivity contribution in [2.24, 2.45) is 5.73 Å². The van der Waals surface area contributed by atoms with Gasteiger partial charge in [-0.1, -0.05) is 0 Å². The molecule has 0 radical (unpaired) electrons. The molecule has 1 aromatic heterocycles. The van der Waals surface area contributed by atoms with E-state index in [0.29, 0.717) is 0 Å². The van der Waals surface area contributed by atoms with E-state index in [-0.39, 0.29) is 12.1 Å². The highest BCUT2D eigenvalue weighted by Gasteiger charge is 2.22. The summed E-state index contributed by atoms with van der Waals surface area (Å²) < 4.78 is 5.16. The van der Waals surface area contributed by atoms with E-state index in [1.807, 2.05) is 0 Å². The number of nitrogens with zero attached hydrogens (tertiary/aromatic N) is 1. The number of oxazole rings is 1. The van der Waals surface area contributed by atoms with E-state index in [4.69, 9.17) is 15.9 Å². The van der Waals surface area contributed by atoms with Gasteiger partial charge in [-0.3, -0.25) is 0 Å². The van der Waals surface area contributed by atoms with Gasteiger partial charge in [-0.25, -0.2) is 0 Å². The van der Waals surface area contributed by atoms with Crippen molar-refractivity contribution in [1.29, 1.82) is 0 Å². The molecule has 0 bridgehead atoms. The van der Waals surface area contributed by atoms with E-state index in [0.717, 1.165) is 30.7 Å². The third-order valence-electron chi connectivity index (χ3n) is 2.01. The molecule has 0 spiro atoms. The Morgan fingerprint density at radius 2 is 2.36 bits per heavy atom. The monoisotopic (exact) mass is 153 g/mol. The molecule has 60 valence electrons. The summed E-state index contributed by atoms with van der Waals surface area (Å²) in [7, 11) is 0. The molecule has 1 unspecified atom stereocenters. The minimum atomic E-state index is 0.00329. The zero-order chi connectivity index (χ0) is 7.84. The summed E-state index contributed by atoms with van der Waals surface area (Å²) in [5, 5.41) is 0. The van der Waals surface area contributed by atoms with Crippen LogP contribution in [0.1, 0.15) is 30.3 Å². The lowest BCUT2D eigenvalue weighted by molar-refractivity contribution is 0.432. The highest BCUT2D eigenvalue weighted by molar-refractivity contribution is 5.24. The van der Waals surface area contributed by atoms with Crippen molar-refractivity contribution in [3.05, 3.63) is 11.5 Å². The molecule has 0 saturated heterocycles. The molecule has 1 aliphatic carbocycles. The molecule has 2 rings (SSSR count). The van der Waals surface area contributed by atoms with Crippen LogP contribution in [0.25, 0.3) is 0 Å². The zero-order valence-corrected chi connectivity index (χ0v) is 6.21. The predicted molar refractivity (Wildman–Crippen MR) is 40.8 cm³/mol. The second-order valence-corrected chi connectivity index (χ2v) is 2.86. The van der Waals surface area contributed by atoms with Gasteiger partial charge in [0.1, 0.15) is 5.76 Å². The fourth-order valence-electron chi connectivity index (χ4n) is 1.47. The standard InChI is InChI=1S/C7H11N3O/c8-4-2-1-3-5-6(4)11-7(9)10-5/h4H,1-3,8H2,(H2,9,10). The second-order valence-electron chi connectivity index (χ2n) is 2.86. The smallest absolute Gasteiger partial charge is 0.292 e. The lowest BCUT2D eigenvalue weighted by atomic mass is 9.98. The zero-order valence-electron chi connectivity index (χ0n) is 6.21. The van der Waals surface area contributed by atoms with Gasteiger partial charge in [-0.15, -0.1) is 0 Å². The van der Waals surface area contributed by atoms with Gasteiger partial charge in [0.2, 0.25) is 0 Å². The fourth-order valence-corrected chi connectivity index (χ4v) is 1.47. The quantitative estimate of drug-likeness (QED) is 0.571. The van der Waals surface area contributed by atoms with Crippen molar-refractivity contribution in [2.45, 2.75) is 25.3 Å². The Morgan fingerprint density at radius 3 is 3.09 bits per heavy atom. The van der Waals surface area contributed by atoms with Crippen LogP contribution in [0.4, 0.5) is 6.01 Å². The maximum Gasteiger partial charge on any atom is 0.292 e. The van der Waals surface area contributed by atoms with Crippen LogP contribution >= 0.6 is 0 Å². The number of fused-ring (bicyclic) bond motifs is 1. The normalized spacial score (nSPS) is 23.2. The first-order valence-electron chi connectivity index (χ1n) is 3.78. The van der Waals surface area contributed by atoms with Crippen LogP contribution in [-0.2, 0) is 6.42 Å². The number of nitrogen functional groups attached to an aromatic ring is 1. The lowest BCUT2D eigenvalue weighted by Crippen LogP contribution is -2.15. The summed E-state index contributed by atoms with van der Waals surface area (Å²) in [6, 6.07) is 0.246. The van der Waals surface area contributed by atoms with Crippen LogP contribution in [0, 0.1) is 0 Å². The SMILES string of the molecule is Nc1nc2c(o1)C(N)CCC2. The van der Waals surface area contributed by atoms with Crippen LogP contribution in [0.3, 0.4) is 0 Å². The first kappa shape index (κ1) is 6.67. The van der Waals surface area contributed by atoms with Gasteiger partial charge in [0.25, 0.3) is 6.01 Å². The molecule has 1 heterocycles. The number of rotatable bonds is 0. The van der Waals surface area contributed by atoms with Gasteiger partial charge in [-0.05, 0) is 19.3 Å². The van der Waals surface area contributed by atoms with Crippen molar-refractivity contribution in [1.82, 2.24) is 4.98 Å². The van der Waals surface area contributed by atoms with E-state index in [1.165, 1.54) is 0 Å². The summed E-state index contributed by atoms with van der Waals surface area (Å²) in [5.74, 6) is 0.786. The summed E-state index contributed by atoms with van der Waals surface area (Å²) in [4.78, 5) is 4.03. The molecule has 0 amide bonds. The van der Waals surface area contributed by atoms with Crippen molar-refractivity contribution < 1.29 is 4.42 Å². The molecule has 0 aliphatic heterocycles. The molecule has 1 aromatic rings. The van der Waals surface area contributed by atoms with Gasteiger partial charge < -0.3 is 15.9 Å². The average Bonchev–Trinajstić information content (AvgIpc) is 2.31. The number of aromatic nitrogens is 1. The van der Waals surface area contributed by atoms with Crippen LogP contribution in [0.2, 0.25) is 0 Å². The number of anilines is 1. The summed E-state index contributed by atoms with van der Waals surface area (Å²) in [6.07, 6.45) is 3.01. The number of aryl methyl sites for hydroxylation is 1. The first-order chi connectivity index (χ1) is 5.27. The molecule has 4 N–H and O–H groups in total. The van der Waals surface area contributed by atoms with Crippen LogP contribution in [0.5, 0.6) is 0 Å². The van der Waals surface area contributed by atoms with Gasteiger partial charge >= 0.3 is 0 Å². The lowest BCUT2D eigenvalue weighted by Gasteiger charge is -2.14. The van der Waals surface area contributed by atoms with Gasteiger partial charge in [-0.2, -0.15) is 4.98 Å². The predicted octanol–water partition coefficient (Wildman–Crippen LogP) is 0.593. The van der Waals surface area contributed by atoms with E-state index in [9.17, 15) is 0 Å². The maximum atomic E-state index is 5.77. The van der Waals surface area contributed by atoms with E-state index < -0.39 is 0 Å². The van der Waals surface area contributed by atoms with Gasteiger partial charge in [0.15, 0.2) is 0 Å². The molecular weight excluding hydrogens is 142 g/mol. The molecule has 4 heteroatoms. The highest BCUT2D eigenvalue weighted by Crippen LogP contribution is 2.28. The Balaban J connectivity index is 2.43. The molecule has 1 aliphatic rings. The van der Waals surface area contributed by atoms with Crippen molar-refractivity contribution in [2.75, 3.05) is 5.73 Å². The minimum absolute atomic E-state index is 0.00329. The fraction of sp³-hybridized carbons (Fsp3) is 0.571. The molecule has 4 nitrogen and oxygen atoms in total. The van der Waals surface area contributed by atoms with E-state index in [2.05, 4.69) is 4.98 Å². The van der Waals surface area contributed by atoms with Crippen LogP contribution < -0.4 is 11.5 Å². The Bertz CT molecular complexity index is 269. The molecule has 0 saturated carbocycles. The Morgan fingerprint density at radius 1 is 1.55 bits per heavy atom. The van der Waals surface area contributed by atoms with E-state index in [1.54, 1.807) is 0 Å². The number of nitrogens with two attached hydrogens (primary N) is 2. The molecule has 0 fully saturated rings. The second kappa shape index (κ2) is 2.23. The van der Waals surface area contributed by atoms with Crippen LogP contribution in [0.15, 0.2) is 4.42 Å². The largest absolute Gasteiger partial charge is 0.427 e. The maximum absolute atomic E-state index is 5.77. The minimum Gasteiger partial charge on any atom is -0.427 e. The summed E-state index contributed by atoms with van der Waals surface area (Å²) in [5.41, 5.74) is 12.1. The van der Waals surface area contributed by atoms with Crippen molar-refractivity contribution in [3.63, 3.8) is 0 Å². The third kappa shape index (κ3) is 0.991. The van der Waals surface area contributed by atoms with Gasteiger partial charge in [0, 0.05) is 0 Å². The number of hydrogen-bond acceptors (Lipinski definition) is 4. The molecule has 1 atom stereocenters. The van der Waals surface area contributed by atoms with Gasteiger partial charge in [0.05, 0.1) is 11.7 Å². The molecule has 0 aromatic carbocycles. The van der Waals surface area contributed by atoms with Crippen LogP contribution in [-0.4, -0.2) is 4.98 Å². The Labute approximate surface area is 64.6 Å². The Hall–Kier alpha value is -1.03. The first-order valence-corrected chi connectivity index (χ1v) is 3.78. The third-order valence-corrected chi connectivity index (χ3v) is 2.01. The average molecular weight is 153 g/mol.